The van der Waals surface area contributed by atoms with Gasteiger partial charge in [-0.05, 0) is 36.6 Å². The van der Waals surface area contributed by atoms with Crippen LogP contribution < -0.4 is 16.2 Å². The van der Waals surface area contributed by atoms with Crippen LogP contribution in [0.2, 0.25) is 0 Å². The number of carbonyl (C=O) groups excluding carboxylic acids is 1. The fourth-order valence-electron chi connectivity index (χ4n) is 0.982. The number of amides is 2. The molecule has 0 bridgehead atoms. The van der Waals surface area contributed by atoms with E-state index in [1.165, 1.54) is 11.9 Å². The third-order valence-electron chi connectivity index (χ3n) is 1.74. The number of rotatable bonds is 3. The first-order chi connectivity index (χ1) is 6.59. The van der Waals surface area contributed by atoms with Gasteiger partial charge in [0.25, 0.3) is 0 Å². The molecule has 76 valence electrons. The van der Waals surface area contributed by atoms with E-state index < -0.39 is 6.03 Å². The second-order valence-corrected chi connectivity index (χ2v) is 4.04. The van der Waals surface area contributed by atoms with Gasteiger partial charge in [0.1, 0.15) is 0 Å². The molecule has 0 saturated heterocycles. The molecule has 5 heteroatoms. The van der Waals surface area contributed by atoms with E-state index >= 15 is 0 Å². The molecule has 14 heavy (non-hydrogen) atoms. The number of anilines is 1. The van der Waals surface area contributed by atoms with Crippen LogP contribution in [-0.4, -0.2) is 6.03 Å². The number of nitrogen functional groups attached to an aromatic ring is 1. The lowest BCUT2D eigenvalue weighted by Crippen LogP contribution is -2.23. The quantitative estimate of drug-likeness (QED) is 0.525. The minimum atomic E-state index is -0.530. The largest absolute Gasteiger partial charge is 0.399 e. The van der Waals surface area contributed by atoms with Crippen molar-refractivity contribution in [3.63, 3.8) is 0 Å². The molecule has 0 radical (unpaired) electrons. The molecule has 2 amide bonds. The van der Waals surface area contributed by atoms with Crippen molar-refractivity contribution in [1.82, 2.24) is 4.72 Å². The zero-order chi connectivity index (χ0) is 10.6. The number of hydrogen-bond acceptors (Lipinski definition) is 3. The molecule has 0 aliphatic carbocycles. The number of primary amides is 1. The van der Waals surface area contributed by atoms with Crippen molar-refractivity contribution in [2.45, 2.75) is 12.2 Å². The molecule has 0 saturated carbocycles. The molecule has 1 atom stereocenters. The topological polar surface area (TPSA) is 81.1 Å². The molecule has 1 rings (SSSR count). The molecular formula is C9H13N3OS. The lowest BCUT2D eigenvalue weighted by Gasteiger charge is -2.10. The second kappa shape index (κ2) is 4.76. The van der Waals surface area contributed by atoms with Crippen LogP contribution in [0.1, 0.15) is 17.7 Å². The Morgan fingerprint density at radius 3 is 2.50 bits per heavy atom. The van der Waals surface area contributed by atoms with Crippen molar-refractivity contribution in [2.75, 3.05) is 5.73 Å². The maximum atomic E-state index is 10.5. The maximum absolute atomic E-state index is 10.5. The zero-order valence-corrected chi connectivity index (χ0v) is 8.67. The molecule has 1 aromatic carbocycles. The normalized spacial score (nSPS) is 12.1. The minimum absolute atomic E-state index is 0.156. The van der Waals surface area contributed by atoms with Gasteiger partial charge < -0.3 is 11.5 Å². The van der Waals surface area contributed by atoms with Crippen molar-refractivity contribution >= 4 is 23.7 Å². The molecule has 0 aliphatic heterocycles. The highest BCUT2D eigenvalue weighted by Gasteiger charge is 2.06. The Morgan fingerprint density at radius 2 is 2.00 bits per heavy atom. The SMILES string of the molecule is C[C@H](SNC(N)=O)c1ccc(N)cc1. The van der Waals surface area contributed by atoms with E-state index in [-0.39, 0.29) is 5.25 Å². The number of benzene rings is 1. The van der Waals surface area contributed by atoms with Crippen LogP contribution in [0.15, 0.2) is 24.3 Å². The van der Waals surface area contributed by atoms with Gasteiger partial charge in [0.05, 0.1) is 0 Å². The lowest BCUT2D eigenvalue weighted by atomic mass is 10.1. The Kier molecular flexibility index (Phi) is 3.64. The van der Waals surface area contributed by atoms with Gasteiger partial charge in [0.2, 0.25) is 0 Å². The number of hydrogen-bond donors (Lipinski definition) is 3. The van der Waals surface area contributed by atoms with Gasteiger partial charge in [-0.15, -0.1) is 0 Å². The third kappa shape index (κ3) is 3.18. The van der Waals surface area contributed by atoms with Gasteiger partial charge in [-0.3, -0.25) is 4.72 Å². The molecule has 0 unspecified atom stereocenters. The van der Waals surface area contributed by atoms with Crippen LogP contribution in [0.4, 0.5) is 10.5 Å². The van der Waals surface area contributed by atoms with Gasteiger partial charge in [-0.25, -0.2) is 4.79 Å². The summed E-state index contributed by atoms with van der Waals surface area (Å²) in [4.78, 5) is 10.5. The third-order valence-corrected chi connectivity index (χ3v) is 2.69. The molecule has 0 fully saturated rings. The number of nitrogens with two attached hydrogens (primary N) is 2. The first-order valence-corrected chi connectivity index (χ1v) is 5.04. The van der Waals surface area contributed by atoms with Crippen molar-refractivity contribution in [3.05, 3.63) is 29.8 Å². The molecule has 0 spiro atoms. The summed E-state index contributed by atoms with van der Waals surface area (Å²) in [6, 6.07) is 6.98. The van der Waals surface area contributed by atoms with Gasteiger partial charge in [-0.1, -0.05) is 12.1 Å². The Labute approximate surface area is 87.2 Å². The summed E-state index contributed by atoms with van der Waals surface area (Å²) in [5, 5.41) is 0.156. The standard InChI is InChI=1S/C9H13N3OS/c1-6(14-12-9(11)13)7-2-4-8(10)5-3-7/h2-6H,10H2,1H3,(H3,11,12,13)/t6-/m0/s1. The van der Waals surface area contributed by atoms with E-state index in [0.29, 0.717) is 0 Å². The summed E-state index contributed by atoms with van der Waals surface area (Å²) in [6.45, 7) is 1.98. The summed E-state index contributed by atoms with van der Waals surface area (Å²) < 4.78 is 2.48. The predicted octanol–water partition coefficient (Wildman–Crippen LogP) is 1.65. The van der Waals surface area contributed by atoms with E-state index in [0.717, 1.165) is 11.3 Å². The molecule has 0 aliphatic rings. The molecule has 0 heterocycles. The van der Waals surface area contributed by atoms with Crippen molar-refractivity contribution in [1.29, 1.82) is 0 Å². The van der Waals surface area contributed by atoms with Gasteiger partial charge in [0, 0.05) is 10.9 Å². The molecule has 1 aromatic rings. The smallest absolute Gasteiger partial charge is 0.322 e. The predicted molar refractivity (Wildman–Crippen MR) is 59.6 cm³/mol. The number of nitrogens with one attached hydrogen (secondary N) is 1. The van der Waals surface area contributed by atoms with E-state index in [9.17, 15) is 4.79 Å². The monoisotopic (exact) mass is 211 g/mol. The van der Waals surface area contributed by atoms with E-state index in [2.05, 4.69) is 4.72 Å². The average molecular weight is 211 g/mol. The minimum Gasteiger partial charge on any atom is -0.399 e. The molecule has 5 N–H and O–H groups in total. The Balaban J connectivity index is 2.56. The Bertz CT molecular complexity index is 312. The first-order valence-electron chi connectivity index (χ1n) is 4.16. The van der Waals surface area contributed by atoms with Crippen molar-refractivity contribution in [3.8, 4) is 0 Å². The highest BCUT2D eigenvalue weighted by atomic mass is 32.2. The van der Waals surface area contributed by atoms with Crippen LogP contribution >= 0.6 is 11.9 Å². The molecule has 0 aromatic heterocycles. The van der Waals surface area contributed by atoms with E-state index in [1.807, 2.05) is 31.2 Å². The zero-order valence-electron chi connectivity index (χ0n) is 7.86. The van der Waals surface area contributed by atoms with Crippen LogP contribution in [0.5, 0.6) is 0 Å². The summed E-state index contributed by atoms with van der Waals surface area (Å²) in [6.07, 6.45) is 0. The highest BCUT2D eigenvalue weighted by molar-refractivity contribution is 7.98. The Hall–Kier alpha value is -1.36. The number of urea groups is 1. The highest BCUT2D eigenvalue weighted by Crippen LogP contribution is 2.25. The summed E-state index contributed by atoms with van der Waals surface area (Å²) in [7, 11) is 0. The van der Waals surface area contributed by atoms with Crippen LogP contribution in [-0.2, 0) is 0 Å². The van der Waals surface area contributed by atoms with Gasteiger partial charge in [-0.2, -0.15) is 0 Å². The van der Waals surface area contributed by atoms with E-state index in [4.69, 9.17) is 11.5 Å². The van der Waals surface area contributed by atoms with Crippen LogP contribution in [0.25, 0.3) is 0 Å². The van der Waals surface area contributed by atoms with Crippen LogP contribution in [0, 0.1) is 0 Å². The molecule has 4 nitrogen and oxygen atoms in total. The molecular weight excluding hydrogens is 198 g/mol. The van der Waals surface area contributed by atoms with Gasteiger partial charge >= 0.3 is 6.03 Å². The number of carbonyl (C=O) groups is 1. The van der Waals surface area contributed by atoms with Crippen molar-refractivity contribution < 1.29 is 4.79 Å². The average Bonchev–Trinajstić information content (AvgIpc) is 2.15. The van der Waals surface area contributed by atoms with E-state index in [1.54, 1.807) is 0 Å². The lowest BCUT2D eigenvalue weighted by molar-refractivity contribution is 0.254. The summed E-state index contributed by atoms with van der Waals surface area (Å²) in [5.41, 5.74) is 12.3. The van der Waals surface area contributed by atoms with Gasteiger partial charge in [0.15, 0.2) is 0 Å². The fraction of sp³-hybridized carbons (Fsp3) is 0.222. The summed E-state index contributed by atoms with van der Waals surface area (Å²) in [5.74, 6) is 0. The van der Waals surface area contributed by atoms with Crippen LogP contribution in [0.3, 0.4) is 0 Å². The van der Waals surface area contributed by atoms with Crippen molar-refractivity contribution in [2.24, 2.45) is 5.73 Å². The summed E-state index contributed by atoms with van der Waals surface area (Å²) >= 11 is 1.28. The Morgan fingerprint density at radius 1 is 1.43 bits per heavy atom. The fourth-order valence-corrected chi connectivity index (χ4v) is 1.57. The first kappa shape index (κ1) is 10.7. The maximum Gasteiger partial charge on any atom is 0.322 e. The second-order valence-electron chi connectivity index (χ2n) is 2.89.